The third-order valence-electron chi connectivity index (χ3n) is 2.47. The molecule has 0 aromatic carbocycles. The summed E-state index contributed by atoms with van der Waals surface area (Å²) in [5.74, 6) is 0.524. The standard InChI is InChI=1S/C11H19N3O2S/c1-6(2)8(5-9(15)16)12-11-13-10(7(3)4)14-17-11/h6-8H,5H2,1-4H3,(H,15,16)(H,12,13,14). The Kier molecular flexibility index (Phi) is 4.86. The van der Waals surface area contributed by atoms with Crippen molar-refractivity contribution in [2.24, 2.45) is 5.92 Å². The molecule has 1 atom stereocenters. The van der Waals surface area contributed by atoms with E-state index in [0.717, 1.165) is 5.82 Å². The zero-order chi connectivity index (χ0) is 13.0. The molecule has 1 heterocycles. The van der Waals surface area contributed by atoms with Crippen molar-refractivity contribution >= 4 is 22.6 Å². The zero-order valence-electron chi connectivity index (χ0n) is 10.6. The molecule has 0 aliphatic carbocycles. The lowest BCUT2D eigenvalue weighted by atomic mass is 10.0. The van der Waals surface area contributed by atoms with Gasteiger partial charge in [0.2, 0.25) is 5.13 Å². The second-order valence-electron chi connectivity index (χ2n) is 4.71. The van der Waals surface area contributed by atoms with Crippen molar-refractivity contribution < 1.29 is 9.90 Å². The van der Waals surface area contributed by atoms with Gasteiger partial charge in [-0.05, 0) is 5.92 Å². The van der Waals surface area contributed by atoms with Crippen LogP contribution in [0, 0.1) is 5.92 Å². The van der Waals surface area contributed by atoms with Crippen LogP contribution >= 0.6 is 11.5 Å². The molecule has 0 saturated heterocycles. The molecular weight excluding hydrogens is 238 g/mol. The maximum Gasteiger partial charge on any atom is 0.305 e. The van der Waals surface area contributed by atoms with Gasteiger partial charge < -0.3 is 10.4 Å². The summed E-state index contributed by atoms with van der Waals surface area (Å²) >= 11 is 1.29. The van der Waals surface area contributed by atoms with Crippen LogP contribution in [0.2, 0.25) is 0 Å². The lowest BCUT2D eigenvalue weighted by Crippen LogP contribution is -2.28. The largest absolute Gasteiger partial charge is 0.481 e. The van der Waals surface area contributed by atoms with E-state index in [4.69, 9.17) is 5.11 Å². The highest BCUT2D eigenvalue weighted by Crippen LogP contribution is 2.20. The van der Waals surface area contributed by atoms with Crippen molar-refractivity contribution in [3.63, 3.8) is 0 Å². The summed E-state index contributed by atoms with van der Waals surface area (Å²) in [4.78, 5) is 15.1. The topological polar surface area (TPSA) is 75.1 Å². The molecule has 1 aromatic heterocycles. The summed E-state index contributed by atoms with van der Waals surface area (Å²) in [5.41, 5.74) is 0. The number of anilines is 1. The van der Waals surface area contributed by atoms with Crippen LogP contribution in [0.5, 0.6) is 0 Å². The molecule has 0 aliphatic rings. The van der Waals surface area contributed by atoms with Gasteiger partial charge in [0.25, 0.3) is 0 Å². The molecule has 5 nitrogen and oxygen atoms in total. The SMILES string of the molecule is CC(C)c1nsc(NC(CC(=O)O)C(C)C)n1. The van der Waals surface area contributed by atoms with E-state index >= 15 is 0 Å². The van der Waals surface area contributed by atoms with Gasteiger partial charge in [-0.15, -0.1) is 0 Å². The molecule has 0 amide bonds. The van der Waals surface area contributed by atoms with Crippen LogP contribution in [-0.4, -0.2) is 26.5 Å². The van der Waals surface area contributed by atoms with Crippen molar-refractivity contribution in [1.29, 1.82) is 0 Å². The fourth-order valence-corrected chi connectivity index (χ4v) is 2.10. The monoisotopic (exact) mass is 257 g/mol. The first-order valence-electron chi connectivity index (χ1n) is 5.72. The number of rotatable bonds is 6. The number of nitrogens with zero attached hydrogens (tertiary/aromatic N) is 2. The minimum atomic E-state index is -0.801. The van der Waals surface area contributed by atoms with Gasteiger partial charge in [0, 0.05) is 23.5 Å². The summed E-state index contributed by atoms with van der Waals surface area (Å²) in [5, 5.41) is 12.7. The third-order valence-corrected chi connectivity index (χ3v) is 3.13. The van der Waals surface area contributed by atoms with Crippen LogP contribution in [0.25, 0.3) is 0 Å². The van der Waals surface area contributed by atoms with E-state index in [-0.39, 0.29) is 18.4 Å². The molecule has 0 aliphatic heterocycles. The number of hydrogen-bond donors (Lipinski definition) is 2. The van der Waals surface area contributed by atoms with Gasteiger partial charge in [-0.25, -0.2) is 4.98 Å². The maximum atomic E-state index is 10.7. The van der Waals surface area contributed by atoms with Gasteiger partial charge in [0.1, 0.15) is 5.82 Å². The molecule has 17 heavy (non-hydrogen) atoms. The summed E-state index contributed by atoms with van der Waals surface area (Å²) in [6.45, 7) is 8.04. The summed E-state index contributed by atoms with van der Waals surface area (Å²) < 4.78 is 4.23. The van der Waals surface area contributed by atoms with Crippen molar-refractivity contribution in [3.05, 3.63) is 5.82 Å². The van der Waals surface area contributed by atoms with Crippen LogP contribution in [0.4, 0.5) is 5.13 Å². The fourth-order valence-electron chi connectivity index (χ4n) is 1.33. The van der Waals surface area contributed by atoms with Crippen molar-refractivity contribution in [2.75, 3.05) is 5.32 Å². The first-order valence-corrected chi connectivity index (χ1v) is 6.49. The normalized spacial score (nSPS) is 13.1. The van der Waals surface area contributed by atoms with Crippen LogP contribution in [0.15, 0.2) is 0 Å². The van der Waals surface area contributed by atoms with E-state index in [1.165, 1.54) is 11.5 Å². The minimum Gasteiger partial charge on any atom is -0.481 e. The molecule has 2 N–H and O–H groups in total. The van der Waals surface area contributed by atoms with E-state index in [1.54, 1.807) is 0 Å². The molecule has 0 saturated carbocycles. The summed E-state index contributed by atoms with van der Waals surface area (Å²) in [7, 11) is 0. The molecule has 0 fully saturated rings. The number of aliphatic carboxylic acids is 1. The van der Waals surface area contributed by atoms with E-state index in [9.17, 15) is 4.79 Å². The van der Waals surface area contributed by atoms with Crippen LogP contribution < -0.4 is 5.32 Å². The molecule has 0 bridgehead atoms. The molecule has 6 heteroatoms. The Labute approximate surface area is 105 Å². The average molecular weight is 257 g/mol. The summed E-state index contributed by atoms with van der Waals surface area (Å²) in [6, 6.07) is -0.111. The number of carbonyl (C=O) groups is 1. The van der Waals surface area contributed by atoms with Crippen molar-refractivity contribution in [1.82, 2.24) is 9.36 Å². The lowest BCUT2D eigenvalue weighted by molar-refractivity contribution is -0.137. The highest BCUT2D eigenvalue weighted by molar-refractivity contribution is 7.09. The third kappa shape index (κ3) is 4.30. The predicted octanol–water partition coefficient (Wildman–Crippen LogP) is 2.57. The van der Waals surface area contributed by atoms with Gasteiger partial charge in [-0.2, -0.15) is 4.37 Å². The Bertz CT molecular complexity index is 377. The molecular formula is C11H19N3O2S. The molecule has 0 radical (unpaired) electrons. The fraction of sp³-hybridized carbons (Fsp3) is 0.727. The maximum absolute atomic E-state index is 10.7. The first kappa shape index (κ1) is 13.9. The molecule has 1 unspecified atom stereocenters. The zero-order valence-corrected chi connectivity index (χ0v) is 11.4. The Balaban J connectivity index is 2.68. The number of carboxylic acids is 1. The summed E-state index contributed by atoms with van der Waals surface area (Å²) in [6.07, 6.45) is 0.0915. The number of aromatic nitrogens is 2. The van der Waals surface area contributed by atoms with Crippen molar-refractivity contribution in [3.8, 4) is 0 Å². The van der Waals surface area contributed by atoms with Gasteiger partial charge in [-0.1, -0.05) is 27.7 Å². The Morgan fingerprint density at radius 3 is 2.47 bits per heavy atom. The minimum absolute atomic E-state index is 0.0915. The molecule has 0 spiro atoms. The second-order valence-corrected chi connectivity index (χ2v) is 5.46. The average Bonchev–Trinajstić information content (AvgIpc) is 2.64. The van der Waals surface area contributed by atoms with Gasteiger partial charge in [0.15, 0.2) is 0 Å². The van der Waals surface area contributed by atoms with Crippen LogP contribution in [0.3, 0.4) is 0 Å². The number of nitrogens with one attached hydrogen (secondary N) is 1. The Morgan fingerprint density at radius 1 is 1.41 bits per heavy atom. The van der Waals surface area contributed by atoms with Gasteiger partial charge >= 0.3 is 5.97 Å². The first-order chi connectivity index (χ1) is 7.90. The Morgan fingerprint density at radius 2 is 2.06 bits per heavy atom. The highest BCUT2D eigenvalue weighted by Gasteiger charge is 2.19. The number of carboxylic acid groups (broad SMARTS) is 1. The van der Waals surface area contributed by atoms with Crippen LogP contribution in [0.1, 0.15) is 45.9 Å². The predicted molar refractivity (Wildman–Crippen MR) is 68.5 cm³/mol. The van der Waals surface area contributed by atoms with Gasteiger partial charge in [0.05, 0.1) is 6.42 Å². The van der Waals surface area contributed by atoms with Crippen molar-refractivity contribution in [2.45, 2.75) is 46.1 Å². The molecule has 96 valence electrons. The second kappa shape index (κ2) is 5.95. The van der Waals surface area contributed by atoms with E-state index in [1.807, 2.05) is 27.7 Å². The van der Waals surface area contributed by atoms with E-state index in [0.29, 0.717) is 11.0 Å². The molecule has 1 aromatic rings. The van der Waals surface area contributed by atoms with Crippen LogP contribution in [-0.2, 0) is 4.79 Å². The van der Waals surface area contributed by atoms with E-state index in [2.05, 4.69) is 14.7 Å². The quantitative estimate of drug-likeness (QED) is 0.819. The van der Waals surface area contributed by atoms with Gasteiger partial charge in [-0.3, -0.25) is 4.79 Å². The Hall–Kier alpha value is -1.17. The lowest BCUT2D eigenvalue weighted by Gasteiger charge is -2.19. The number of hydrogen-bond acceptors (Lipinski definition) is 5. The highest BCUT2D eigenvalue weighted by atomic mass is 32.1. The smallest absolute Gasteiger partial charge is 0.305 e. The molecule has 1 rings (SSSR count). The van der Waals surface area contributed by atoms with E-state index < -0.39 is 5.97 Å².